The van der Waals surface area contributed by atoms with Crippen molar-refractivity contribution in [1.29, 1.82) is 0 Å². The Kier molecular flexibility index (Phi) is 2.61. The van der Waals surface area contributed by atoms with Crippen molar-refractivity contribution in [3.05, 3.63) is 77.9 Å². The molecular formula is C18H19N. The minimum Gasteiger partial charge on any atom is -0.317 e. The van der Waals surface area contributed by atoms with Gasteiger partial charge in [-0.05, 0) is 16.7 Å². The van der Waals surface area contributed by atoms with Crippen molar-refractivity contribution in [3.8, 4) is 0 Å². The highest BCUT2D eigenvalue weighted by molar-refractivity contribution is 5.80. The van der Waals surface area contributed by atoms with E-state index in [1.165, 1.54) is 16.7 Å². The molecule has 0 radical (unpaired) electrons. The molecule has 0 saturated heterocycles. The van der Waals surface area contributed by atoms with Crippen molar-refractivity contribution < 1.29 is 0 Å². The van der Waals surface area contributed by atoms with Gasteiger partial charge in [0.05, 0.1) is 5.54 Å². The first-order valence-electron chi connectivity index (χ1n) is 6.69. The molecular weight excluding hydrogens is 230 g/mol. The maximum absolute atomic E-state index is 6.65. The second kappa shape index (κ2) is 4.07. The Bertz CT molecular complexity index is 611. The van der Waals surface area contributed by atoms with Crippen LogP contribution < -0.4 is 5.73 Å². The molecule has 0 fully saturated rings. The van der Waals surface area contributed by atoms with Gasteiger partial charge in [0.25, 0.3) is 0 Å². The fraction of sp³-hybridized carbons (Fsp3) is 0.222. The van der Waals surface area contributed by atoms with Crippen LogP contribution in [0.2, 0.25) is 0 Å². The molecule has 1 aliphatic rings. The summed E-state index contributed by atoms with van der Waals surface area (Å²) in [5.74, 6) is 0. The van der Waals surface area contributed by atoms with Gasteiger partial charge < -0.3 is 5.73 Å². The summed E-state index contributed by atoms with van der Waals surface area (Å²) in [6.07, 6.45) is 2.21. The molecule has 0 aliphatic heterocycles. The van der Waals surface area contributed by atoms with Crippen LogP contribution in [0.15, 0.2) is 66.7 Å². The van der Waals surface area contributed by atoms with Gasteiger partial charge in [0.2, 0.25) is 0 Å². The average Bonchev–Trinajstić information content (AvgIpc) is 2.46. The Hall–Kier alpha value is -1.86. The second-order valence-corrected chi connectivity index (χ2v) is 5.78. The number of nitrogens with two attached hydrogens (primary N) is 1. The highest BCUT2D eigenvalue weighted by Gasteiger charge is 2.51. The van der Waals surface area contributed by atoms with Crippen LogP contribution in [0.25, 0.3) is 5.57 Å². The topological polar surface area (TPSA) is 26.0 Å². The van der Waals surface area contributed by atoms with E-state index < -0.39 is 0 Å². The van der Waals surface area contributed by atoms with Crippen molar-refractivity contribution in [2.45, 2.75) is 19.4 Å². The van der Waals surface area contributed by atoms with Crippen molar-refractivity contribution in [1.82, 2.24) is 0 Å². The summed E-state index contributed by atoms with van der Waals surface area (Å²) in [4.78, 5) is 0. The van der Waals surface area contributed by atoms with Crippen molar-refractivity contribution >= 4 is 5.57 Å². The summed E-state index contributed by atoms with van der Waals surface area (Å²) in [6, 6.07) is 20.8. The zero-order valence-electron chi connectivity index (χ0n) is 11.4. The fourth-order valence-electron chi connectivity index (χ4n) is 2.95. The van der Waals surface area contributed by atoms with E-state index in [1.807, 2.05) is 24.3 Å². The molecule has 19 heavy (non-hydrogen) atoms. The Morgan fingerprint density at radius 3 is 1.84 bits per heavy atom. The van der Waals surface area contributed by atoms with Crippen molar-refractivity contribution in [2.24, 2.45) is 11.1 Å². The minimum atomic E-state index is -0.376. The summed E-state index contributed by atoms with van der Waals surface area (Å²) in [6.45, 7) is 4.45. The third-order valence-electron chi connectivity index (χ3n) is 4.42. The molecule has 3 rings (SSSR count). The highest BCUT2D eigenvalue weighted by Crippen LogP contribution is 2.56. The zero-order chi connectivity index (χ0) is 13.5. The normalized spacial score (nSPS) is 24.5. The zero-order valence-corrected chi connectivity index (χ0v) is 11.4. The largest absolute Gasteiger partial charge is 0.317 e. The van der Waals surface area contributed by atoms with Crippen LogP contribution in [-0.4, -0.2) is 0 Å². The monoisotopic (exact) mass is 249 g/mol. The number of benzene rings is 2. The van der Waals surface area contributed by atoms with Gasteiger partial charge in [0.15, 0.2) is 0 Å². The summed E-state index contributed by atoms with van der Waals surface area (Å²) >= 11 is 0. The first-order chi connectivity index (χ1) is 9.06. The third kappa shape index (κ3) is 1.66. The van der Waals surface area contributed by atoms with E-state index >= 15 is 0 Å². The first kappa shape index (κ1) is 12.2. The van der Waals surface area contributed by atoms with Gasteiger partial charge in [-0.25, -0.2) is 0 Å². The van der Waals surface area contributed by atoms with Crippen LogP contribution in [0.5, 0.6) is 0 Å². The number of hydrogen-bond donors (Lipinski definition) is 1. The standard InChI is InChI=1S/C18H19N/c1-17(2)16(14-9-5-3-6-10-14)13-18(17,19)15-11-7-4-8-12-15/h3-13H,19H2,1-2H3/t18-/m0/s1. The molecule has 0 bridgehead atoms. The Morgan fingerprint density at radius 1 is 0.789 bits per heavy atom. The molecule has 0 amide bonds. The predicted molar refractivity (Wildman–Crippen MR) is 80.5 cm³/mol. The SMILES string of the molecule is CC1(C)C(c2ccccc2)=C[C@]1(N)c1ccccc1. The van der Waals surface area contributed by atoms with Gasteiger partial charge >= 0.3 is 0 Å². The molecule has 1 atom stereocenters. The molecule has 0 saturated carbocycles. The lowest BCUT2D eigenvalue weighted by Gasteiger charge is -2.53. The highest BCUT2D eigenvalue weighted by atomic mass is 14.8. The first-order valence-corrected chi connectivity index (χ1v) is 6.69. The van der Waals surface area contributed by atoms with Gasteiger partial charge in [-0.1, -0.05) is 80.6 Å². The van der Waals surface area contributed by atoms with Crippen LogP contribution in [0, 0.1) is 5.41 Å². The third-order valence-corrected chi connectivity index (χ3v) is 4.42. The lowest BCUT2D eigenvalue weighted by atomic mass is 9.54. The molecule has 1 nitrogen and oxygen atoms in total. The molecule has 0 unspecified atom stereocenters. The molecule has 1 aliphatic carbocycles. The summed E-state index contributed by atoms with van der Waals surface area (Å²) < 4.78 is 0. The quantitative estimate of drug-likeness (QED) is 0.856. The van der Waals surface area contributed by atoms with Crippen LogP contribution in [0.1, 0.15) is 25.0 Å². The Labute approximate surface area is 114 Å². The molecule has 96 valence electrons. The van der Waals surface area contributed by atoms with Gasteiger partial charge in [-0.2, -0.15) is 0 Å². The number of rotatable bonds is 2. The second-order valence-electron chi connectivity index (χ2n) is 5.78. The van der Waals surface area contributed by atoms with E-state index in [0.717, 1.165) is 0 Å². The Morgan fingerprint density at radius 2 is 1.32 bits per heavy atom. The fourth-order valence-corrected chi connectivity index (χ4v) is 2.95. The van der Waals surface area contributed by atoms with Crippen LogP contribution in [-0.2, 0) is 5.54 Å². The smallest absolute Gasteiger partial charge is 0.0694 e. The maximum Gasteiger partial charge on any atom is 0.0694 e. The molecule has 0 heterocycles. The van der Waals surface area contributed by atoms with E-state index in [4.69, 9.17) is 5.73 Å². The average molecular weight is 249 g/mol. The molecule has 2 aromatic rings. The molecule has 0 aromatic heterocycles. The van der Waals surface area contributed by atoms with Gasteiger partial charge in [0.1, 0.15) is 0 Å². The van der Waals surface area contributed by atoms with Crippen molar-refractivity contribution in [2.75, 3.05) is 0 Å². The lowest BCUT2D eigenvalue weighted by molar-refractivity contribution is 0.264. The summed E-state index contributed by atoms with van der Waals surface area (Å²) in [7, 11) is 0. The van der Waals surface area contributed by atoms with E-state index in [2.05, 4.69) is 56.3 Å². The lowest BCUT2D eigenvalue weighted by Crippen LogP contribution is -2.55. The van der Waals surface area contributed by atoms with E-state index in [-0.39, 0.29) is 11.0 Å². The van der Waals surface area contributed by atoms with Crippen LogP contribution in [0.4, 0.5) is 0 Å². The maximum atomic E-state index is 6.65. The van der Waals surface area contributed by atoms with Gasteiger partial charge in [-0.15, -0.1) is 0 Å². The molecule has 2 N–H and O–H groups in total. The predicted octanol–water partition coefficient (Wildman–Crippen LogP) is 3.96. The van der Waals surface area contributed by atoms with Crippen LogP contribution >= 0.6 is 0 Å². The molecule has 0 spiro atoms. The van der Waals surface area contributed by atoms with E-state index in [0.29, 0.717) is 0 Å². The van der Waals surface area contributed by atoms with Gasteiger partial charge in [0, 0.05) is 5.41 Å². The summed E-state index contributed by atoms with van der Waals surface area (Å²) in [5, 5.41) is 0. The van der Waals surface area contributed by atoms with Crippen molar-refractivity contribution in [3.63, 3.8) is 0 Å². The van der Waals surface area contributed by atoms with E-state index in [9.17, 15) is 0 Å². The number of hydrogen-bond acceptors (Lipinski definition) is 1. The summed E-state index contributed by atoms with van der Waals surface area (Å²) in [5.41, 5.74) is 10.00. The van der Waals surface area contributed by atoms with E-state index in [1.54, 1.807) is 0 Å². The van der Waals surface area contributed by atoms with Gasteiger partial charge in [-0.3, -0.25) is 0 Å². The Balaban J connectivity index is 2.07. The molecule has 2 aromatic carbocycles. The van der Waals surface area contributed by atoms with Crippen LogP contribution in [0.3, 0.4) is 0 Å². The minimum absolute atomic E-state index is 0.0598. The molecule has 1 heteroatoms.